The number of nitrogens with two attached hydrogens (primary N) is 1. The largest absolute Gasteiger partial charge is 0.457 e. The van der Waals surface area contributed by atoms with Gasteiger partial charge in [0.15, 0.2) is 4.34 Å². The maximum absolute atomic E-state index is 12.0. The Morgan fingerprint density at radius 1 is 1.12 bits per heavy atom. The van der Waals surface area contributed by atoms with Gasteiger partial charge in [-0.2, -0.15) is 0 Å². The third-order valence-corrected chi connectivity index (χ3v) is 5.35. The minimum absolute atomic E-state index is 0.125. The monoisotopic (exact) mass is 436 g/mol. The fourth-order valence-electron chi connectivity index (χ4n) is 1.85. The number of carbonyl (C=O) groups excluding carboxylic acids is 1. The van der Waals surface area contributed by atoms with Crippen LogP contribution in [0.4, 0.5) is 10.8 Å². The molecule has 3 aromatic rings. The molecule has 6 nitrogen and oxygen atoms in total. The van der Waals surface area contributed by atoms with E-state index in [2.05, 4.69) is 31.4 Å². The number of nitrogens with zero attached hydrogens (tertiary/aromatic N) is 2. The van der Waals surface area contributed by atoms with Gasteiger partial charge < -0.3 is 15.8 Å². The molecule has 128 valence electrons. The molecule has 3 rings (SSSR count). The number of carbonyl (C=O) groups is 1. The molecule has 3 N–H and O–H groups in total. The number of hydrogen-bond acceptors (Lipinski definition) is 7. The molecule has 0 saturated carbocycles. The van der Waals surface area contributed by atoms with Crippen molar-refractivity contribution in [3.8, 4) is 11.5 Å². The van der Waals surface area contributed by atoms with Gasteiger partial charge in [-0.1, -0.05) is 39.0 Å². The fourth-order valence-corrected chi connectivity index (χ4v) is 3.55. The van der Waals surface area contributed by atoms with E-state index in [4.69, 9.17) is 10.5 Å². The van der Waals surface area contributed by atoms with Crippen molar-refractivity contribution >= 4 is 55.8 Å². The first-order chi connectivity index (χ1) is 12.1. The average Bonchev–Trinajstić information content (AvgIpc) is 3.02. The Balaban J connectivity index is 1.51. The van der Waals surface area contributed by atoms with Gasteiger partial charge in [0.25, 0.3) is 0 Å². The smallest absolute Gasteiger partial charge is 0.234 e. The molecule has 0 aliphatic heterocycles. The van der Waals surface area contributed by atoms with Crippen molar-refractivity contribution in [3.63, 3.8) is 0 Å². The first-order valence-corrected chi connectivity index (χ1v) is 9.73. The Hall–Kier alpha value is -2.10. The van der Waals surface area contributed by atoms with E-state index in [-0.39, 0.29) is 11.7 Å². The van der Waals surface area contributed by atoms with Crippen LogP contribution in [-0.2, 0) is 4.79 Å². The van der Waals surface area contributed by atoms with Gasteiger partial charge in [-0.05, 0) is 48.5 Å². The summed E-state index contributed by atoms with van der Waals surface area (Å²) in [5.41, 5.74) is 6.20. The predicted molar refractivity (Wildman–Crippen MR) is 104 cm³/mol. The normalized spacial score (nSPS) is 10.4. The minimum atomic E-state index is -0.125. The first-order valence-electron chi connectivity index (χ1n) is 7.13. The average molecular weight is 437 g/mol. The van der Waals surface area contributed by atoms with Crippen LogP contribution in [0.2, 0.25) is 0 Å². The van der Waals surface area contributed by atoms with Gasteiger partial charge in [-0.25, -0.2) is 0 Å². The van der Waals surface area contributed by atoms with Crippen molar-refractivity contribution in [1.82, 2.24) is 10.2 Å². The van der Waals surface area contributed by atoms with E-state index in [1.807, 2.05) is 24.3 Å². The molecule has 0 saturated heterocycles. The lowest BCUT2D eigenvalue weighted by atomic mass is 10.3. The van der Waals surface area contributed by atoms with Crippen LogP contribution in [-0.4, -0.2) is 21.9 Å². The molecule has 0 atom stereocenters. The van der Waals surface area contributed by atoms with E-state index in [1.165, 1.54) is 23.1 Å². The topological polar surface area (TPSA) is 90.1 Å². The molecule has 0 spiro atoms. The van der Waals surface area contributed by atoms with Crippen molar-refractivity contribution in [1.29, 1.82) is 0 Å². The predicted octanol–water partition coefficient (Wildman–Crippen LogP) is 4.41. The Bertz CT molecular complexity index is 853. The molecule has 1 heterocycles. The standard InChI is InChI=1S/C16H13BrN4O2S2/c17-10-1-5-12(6-2-10)23-13-7-3-11(4-8-13)19-14(22)9-24-16-21-20-15(18)25-16/h1-8H,9H2,(H2,18,20)(H,19,22). The van der Waals surface area contributed by atoms with Crippen LogP contribution in [0.1, 0.15) is 0 Å². The molecule has 2 aromatic carbocycles. The highest BCUT2D eigenvalue weighted by molar-refractivity contribution is 9.10. The highest BCUT2D eigenvalue weighted by atomic mass is 79.9. The summed E-state index contributed by atoms with van der Waals surface area (Å²) >= 11 is 5.94. The molecule has 1 aromatic heterocycles. The van der Waals surface area contributed by atoms with E-state index in [0.29, 0.717) is 20.9 Å². The van der Waals surface area contributed by atoms with Crippen molar-refractivity contribution in [3.05, 3.63) is 53.0 Å². The minimum Gasteiger partial charge on any atom is -0.457 e. The molecule has 0 bridgehead atoms. The molecule has 0 aliphatic rings. The second-order valence-electron chi connectivity index (χ2n) is 4.82. The van der Waals surface area contributed by atoms with Crippen LogP contribution >= 0.6 is 39.0 Å². The van der Waals surface area contributed by atoms with Crippen LogP contribution in [0.15, 0.2) is 57.3 Å². The molecule has 0 radical (unpaired) electrons. The lowest BCUT2D eigenvalue weighted by molar-refractivity contribution is -0.113. The number of benzene rings is 2. The van der Waals surface area contributed by atoms with Gasteiger partial charge in [-0.15, -0.1) is 10.2 Å². The van der Waals surface area contributed by atoms with Crippen LogP contribution < -0.4 is 15.8 Å². The highest BCUT2D eigenvalue weighted by Gasteiger charge is 2.07. The number of nitrogens with one attached hydrogen (secondary N) is 1. The highest BCUT2D eigenvalue weighted by Crippen LogP contribution is 2.25. The maximum Gasteiger partial charge on any atom is 0.234 e. The zero-order valence-electron chi connectivity index (χ0n) is 12.8. The van der Waals surface area contributed by atoms with Crippen molar-refractivity contribution in [2.75, 3.05) is 16.8 Å². The molecule has 0 unspecified atom stereocenters. The van der Waals surface area contributed by atoms with Gasteiger partial charge in [-0.3, -0.25) is 4.79 Å². The van der Waals surface area contributed by atoms with E-state index in [1.54, 1.807) is 24.3 Å². The maximum atomic E-state index is 12.0. The molecular formula is C16H13BrN4O2S2. The molecule has 0 fully saturated rings. The number of amides is 1. The van der Waals surface area contributed by atoms with Crippen molar-refractivity contribution in [2.24, 2.45) is 0 Å². The van der Waals surface area contributed by atoms with Crippen molar-refractivity contribution in [2.45, 2.75) is 4.34 Å². The van der Waals surface area contributed by atoms with Crippen LogP contribution in [0.3, 0.4) is 0 Å². The van der Waals surface area contributed by atoms with E-state index >= 15 is 0 Å². The van der Waals surface area contributed by atoms with Crippen LogP contribution in [0.5, 0.6) is 11.5 Å². The number of nitrogen functional groups attached to an aromatic ring is 1. The van der Waals surface area contributed by atoms with E-state index < -0.39 is 0 Å². The van der Waals surface area contributed by atoms with Gasteiger partial charge in [0, 0.05) is 10.2 Å². The summed E-state index contributed by atoms with van der Waals surface area (Å²) in [4.78, 5) is 12.0. The zero-order chi connectivity index (χ0) is 17.6. The zero-order valence-corrected chi connectivity index (χ0v) is 16.0. The first kappa shape index (κ1) is 17.7. The van der Waals surface area contributed by atoms with Crippen LogP contribution in [0.25, 0.3) is 0 Å². The molecule has 9 heteroatoms. The fraction of sp³-hybridized carbons (Fsp3) is 0.0625. The summed E-state index contributed by atoms with van der Waals surface area (Å²) in [5.74, 6) is 1.55. The van der Waals surface area contributed by atoms with Crippen LogP contribution in [0, 0.1) is 0 Å². The SMILES string of the molecule is Nc1nnc(SCC(=O)Nc2ccc(Oc3ccc(Br)cc3)cc2)s1. The number of anilines is 2. The number of thioether (sulfide) groups is 1. The number of halogens is 1. The summed E-state index contributed by atoms with van der Waals surface area (Å²) in [6, 6.07) is 14.8. The number of rotatable bonds is 6. The third kappa shape index (κ3) is 5.45. The summed E-state index contributed by atoms with van der Waals surface area (Å²) in [6.07, 6.45) is 0. The lowest BCUT2D eigenvalue weighted by Crippen LogP contribution is -2.13. The second kappa shape index (κ2) is 8.32. The summed E-state index contributed by atoms with van der Waals surface area (Å²) in [5, 5.41) is 10.8. The van der Waals surface area contributed by atoms with Gasteiger partial charge in [0.1, 0.15) is 11.5 Å². The van der Waals surface area contributed by atoms with Gasteiger partial charge in [0.05, 0.1) is 5.75 Å². The van der Waals surface area contributed by atoms with Gasteiger partial charge >= 0.3 is 0 Å². The quantitative estimate of drug-likeness (QED) is 0.556. The third-order valence-electron chi connectivity index (χ3n) is 2.94. The van der Waals surface area contributed by atoms with E-state index in [0.717, 1.165) is 10.2 Å². The summed E-state index contributed by atoms with van der Waals surface area (Å²) in [7, 11) is 0. The molecule has 0 aliphatic carbocycles. The van der Waals surface area contributed by atoms with E-state index in [9.17, 15) is 4.79 Å². The molecule has 25 heavy (non-hydrogen) atoms. The number of hydrogen-bond donors (Lipinski definition) is 2. The Morgan fingerprint density at radius 2 is 1.76 bits per heavy atom. The summed E-state index contributed by atoms with van der Waals surface area (Å²) in [6.45, 7) is 0. The van der Waals surface area contributed by atoms with Gasteiger partial charge in [0.2, 0.25) is 11.0 Å². The second-order valence-corrected chi connectivity index (χ2v) is 7.97. The van der Waals surface area contributed by atoms with Crippen molar-refractivity contribution < 1.29 is 9.53 Å². The Labute approximate surface area is 160 Å². The number of aromatic nitrogens is 2. The lowest BCUT2D eigenvalue weighted by Gasteiger charge is -2.08. The number of ether oxygens (including phenoxy) is 1. The Kier molecular flexibility index (Phi) is 5.90. The molecular weight excluding hydrogens is 424 g/mol. The molecule has 1 amide bonds. The summed E-state index contributed by atoms with van der Waals surface area (Å²) < 4.78 is 7.40. The Morgan fingerprint density at radius 3 is 2.36 bits per heavy atom.